The maximum absolute atomic E-state index is 12.5. The van der Waals surface area contributed by atoms with Crippen LogP contribution in [-0.4, -0.2) is 36.9 Å². The van der Waals surface area contributed by atoms with E-state index in [4.69, 9.17) is 5.11 Å². The third kappa shape index (κ3) is 3.05. The van der Waals surface area contributed by atoms with Gasteiger partial charge in [0.25, 0.3) is 0 Å². The van der Waals surface area contributed by atoms with Crippen molar-refractivity contribution in [3.8, 4) is 0 Å². The number of hydrogen-bond acceptors (Lipinski definition) is 4. The van der Waals surface area contributed by atoms with Crippen molar-refractivity contribution in [3.05, 3.63) is 16.3 Å². The highest BCUT2D eigenvalue weighted by atomic mass is 32.2. The Balaban J connectivity index is 2.22. The second kappa shape index (κ2) is 5.83. The van der Waals surface area contributed by atoms with Gasteiger partial charge in [-0.25, -0.2) is 13.2 Å². The van der Waals surface area contributed by atoms with Crippen molar-refractivity contribution in [2.75, 3.05) is 7.05 Å². The van der Waals surface area contributed by atoms with Crippen LogP contribution in [0.2, 0.25) is 0 Å². The number of nitrogens with zero attached hydrogens (tertiary/aromatic N) is 1. The number of carboxylic acid groups (broad SMARTS) is 1. The molecule has 1 saturated carbocycles. The molecule has 2 rings (SSSR count). The number of hydrogen-bond donors (Lipinski definition) is 1. The van der Waals surface area contributed by atoms with Crippen LogP contribution in [0.4, 0.5) is 0 Å². The molecule has 0 bridgehead atoms. The Bertz CT molecular complexity index is 593. The Hall–Kier alpha value is -0.920. The fourth-order valence-electron chi connectivity index (χ4n) is 2.66. The van der Waals surface area contributed by atoms with Crippen LogP contribution in [0.15, 0.2) is 16.3 Å². The van der Waals surface area contributed by atoms with Gasteiger partial charge in [-0.3, -0.25) is 0 Å². The second-order valence-electron chi connectivity index (χ2n) is 5.40. The van der Waals surface area contributed by atoms with Crippen LogP contribution in [0, 0.1) is 5.92 Å². The smallest absolute Gasteiger partial charge is 0.345 e. The molecular formula is C13H19NO4S2. The Morgan fingerprint density at radius 3 is 2.70 bits per heavy atom. The second-order valence-corrected chi connectivity index (χ2v) is 8.31. The molecule has 112 valence electrons. The first-order chi connectivity index (χ1) is 9.32. The maximum atomic E-state index is 12.5. The summed E-state index contributed by atoms with van der Waals surface area (Å²) in [6.45, 7) is 2.14. The molecule has 0 radical (unpaired) electrons. The molecular weight excluding hydrogens is 298 g/mol. The van der Waals surface area contributed by atoms with Crippen molar-refractivity contribution >= 4 is 27.3 Å². The molecule has 2 unspecified atom stereocenters. The highest BCUT2D eigenvalue weighted by Gasteiger charge is 2.31. The van der Waals surface area contributed by atoms with Gasteiger partial charge in [0.15, 0.2) is 0 Å². The van der Waals surface area contributed by atoms with Gasteiger partial charge in [-0.05, 0) is 24.8 Å². The van der Waals surface area contributed by atoms with E-state index in [9.17, 15) is 13.2 Å². The Labute approximate surface area is 123 Å². The van der Waals surface area contributed by atoms with Gasteiger partial charge in [0.1, 0.15) is 4.88 Å². The summed E-state index contributed by atoms with van der Waals surface area (Å²) < 4.78 is 26.4. The van der Waals surface area contributed by atoms with E-state index in [0.717, 1.165) is 37.0 Å². The normalized spacial score (nSPS) is 23.9. The summed E-state index contributed by atoms with van der Waals surface area (Å²) in [4.78, 5) is 11.0. The average molecular weight is 317 g/mol. The van der Waals surface area contributed by atoms with Crippen LogP contribution in [0.5, 0.6) is 0 Å². The lowest BCUT2D eigenvalue weighted by molar-refractivity contribution is 0.0702. The first-order valence-electron chi connectivity index (χ1n) is 6.62. The zero-order chi connectivity index (χ0) is 14.9. The van der Waals surface area contributed by atoms with Gasteiger partial charge in [-0.15, -0.1) is 11.3 Å². The maximum Gasteiger partial charge on any atom is 0.345 e. The van der Waals surface area contributed by atoms with Crippen molar-refractivity contribution < 1.29 is 18.3 Å². The van der Waals surface area contributed by atoms with Crippen LogP contribution in [0.25, 0.3) is 0 Å². The molecule has 20 heavy (non-hydrogen) atoms. The number of carbonyl (C=O) groups is 1. The van der Waals surface area contributed by atoms with Crippen LogP contribution < -0.4 is 0 Å². The molecule has 2 atom stereocenters. The SMILES string of the molecule is CC1CCCC(N(C)S(=O)(=O)c2csc(C(=O)O)c2)C1. The highest BCUT2D eigenvalue weighted by Crippen LogP contribution is 2.31. The van der Waals surface area contributed by atoms with Crippen LogP contribution in [0.3, 0.4) is 0 Å². The zero-order valence-corrected chi connectivity index (χ0v) is 13.2. The van der Waals surface area contributed by atoms with E-state index >= 15 is 0 Å². The first-order valence-corrected chi connectivity index (χ1v) is 8.94. The molecule has 0 spiro atoms. The Morgan fingerprint density at radius 1 is 1.45 bits per heavy atom. The van der Waals surface area contributed by atoms with Gasteiger partial charge in [0.2, 0.25) is 10.0 Å². The van der Waals surface area contributed by atoms with Crippen molar-refractivity contribution in [2.45, 2.75) is 43.5 Å². The van der Waals surface area contributed by atoms with Crippen LogP contribution in [-0.2, 0) is 10.0 Å². The Morgan fingerprint density at radius 2 is 2.15 bits per heavy atom. The zero-order valence-electron chi connectivity index (χ0n) is 11.6. The fraction of sp³-hybridized carbons (Fsp3) is 0.615. The van der Waals surface area contributed by atoms with Gasteiger partial charge in [0, 0.05) is 18.5 Å². The summed E-state index contributed by atoms with van der Waals surface area (Å²) in [6, 6.07) is 1.25. The van der Waals surface area contributed by atoms with Gasteiger partial charge >= 0.3 is 5.97 Å². The molecule has 0 aliphatic heterocycles. The minimum atomic E-state index is -3.59. The standard InChI is InChI=1S/C13H19NO4S2/c1-9-4-3-5-10(6-9)14(2)20(17,18)11-7-12(13(15)16)19-8-11/h7-10H,3-6H2,1-2H3,(H,15,16). The van der Waals surface area contributed by atoms with E-state index in [-0.39, 0.29) is 15.8 Å². The highest BCUT2D eigenvalue weighted by molar-refractivity contribution is 7.89. The summed E-state index contributed by atoms with van der Waals surface area (Å²) >= 11 is 0.944. The molecule has 1 aromatic heterocycles. The molecule has 0 amide bonds. The summed E-state index contributed by atoms with van der Waals surface area (Å²) in [6.07, 6.45) is 3.92. The molecule has 0 saturated heterocycles. The molecule has 1 aliphatic rings. The lowest BCUT2D eigenvalue weighted by Crippen LogP contribution is -2.39. The van der Waals surface area contributed by atoms with Crippen LogP contribution >= 0.6 is 11.3 Å². The molecule has 1 aromatic rings. The van der Waals surface area contributed by atoms with Gasteiger partial charge in [0.05, 0.1) is 4.90 Å². The molecule has 5 nitrogen and oxygen atoms in total. The van der Waals surface area contributed by atoms with E-state index in [2.05, 4.69) is 6.92 Å². The number of carboxylic acids is 1. The van der Waals surface area contributed by atoms with Crippen molar-refractivity contribution in [1.82, 2.24) is 4.31 Å². The quantitative estimate of drug-likeness (QED) is 0.926. The van der Waals surface area contributed by atoms with E-state index in [0.29, 0.717) is 5.92 Å². The monoisotopic (exact) mass is 317 g/mol. The largest absolute Gasteiger partial charge is 0.477 e. The molecule has 1 fully saturated rings. The summed E-state index contributed by atoms with van der Waals surface area (Å²) in [7, 11) is -2.00. The van der Waals surface area contributed by atoms with Gasteiger partial charge < -0.3 is 5.11 Å². The third-order valence-corrected chi connectivity index (χ3v) is 6.84. The molecule has 1 N–H and O–H groups in total. The third-order valence-electron chi connectivity index (χ3n) is 3.89. The van der Waals surface area contributed by atoms with Crippen molar-refractivity contribution in [1.29, 1.82) is 0 Å². The average Bonchev–Trinajstić information content (AvgIpc) is 2.88. The summed E-state index contributed by atoms with van der Waals surface area (Å²) in [5.41, 5.74) is 0. The number of thiophene rings is 1. The van der Waals surface area contributed by atoms with E-state index < -0.39 is 16.0 Å². The van der Waals surface area contributed by atoms with Gasteiger partial charge in [-0.2, -0.15) is 4.31 Å². The lowest BCUT2D eigenvalue weighted by Gasteiger charge is -2.33. The van der Waals surface area contributed by atoms with E-state index in [1.54, 1.807) is 7.05 Å². The summed E-state index contributed by atoms with van der Waals surface area (Å²) in [5.74, 6) is -0.561. The molecule has 0 aromatic carbocycles. The molecule has 1 aliphatic carbocycles. The molecule has 7 heteroatoms. The lowest BCUT2D eigenvalue weighted by atomic mass is 9.87. The minimum absolute atomic E-state index is 0.0110. The topological polar surface area (TPSA) is 74.7 Å². The first kappa shape index (κ1) is 15.5. The predicted octanol–water partition coefficient (Wildman–Crippen LogP) is 2.65. The molecule has 1 heterocycles. The van der Waals surface area contributed by atoms with E-state index in [1.807, 2.05) is 0 Å². The van der Waals surface area contributed by atoms with Crippen LogP contribution in [0.1, 0.15) is 42.3 Å². The number of sulfonamides is 1. The van der Waals surface area contributed by atoms with E-state index in [1.165, 1.54) is 15.8 Å². The van der Waals surface area contributed by atoms with Crippen molar-refractivity contribution in [2.24, 2.45) is 5.92 Å². The minimum Gasteiger partial charge on any atom is -0.477 e. The summed E-state index contributed by atoms with van der Waals surface area (Å²) in [5, 5.41) is 10.3. The predicted molar refractivity (Wildman–Crippen MR) is 77.6 cm³/mol. The van der Waals surface area contributed by atoms with Crippen molar-refractivity contribution in [3.63, 3.8) is 0 Å². The number of aromatic carboxylic acids is 1. The van der Waals surface area contributed by atoms with Gasteiger partial charge in [-0.1, -0.05) is 19.8 Å². The number of rotatable bonds is 4. The fourth-order valence-corrected chi connectivity index (χ4v) is 5.16. The Kier molecular flexibility index (Phi) is 4.51.